The Labute approximate surface area is 145 Å². The van der Waals surface area contributed by atoms with Gasteiger partial charge in [-0.3, -0.25) is 4.57 Å². The molecule has 0 radical (unpaired) electrons. The van der Waals surface area contributed by atoms with Crippen LogP contribution in [0.2, 0.25) is 0 Å². The third-order valence-corrected chi connectivity index (χ3v) is 4.43. The van der Waals surface area contributed by atoms with Crippen molar-refractivity contribution in [2.75, 3.05) is 5.32 Å². The highest BCUT2D eigenvalue weighted by Gasteiger charge is 2.09. The van der Waals surface area contributed by atoms with Gasteiger partial charge in [0.05, 0.1) is 5.69 Å². The van der Waals surface area contributed by atoms with Crippen LogP contribution in [0.25, 0.3) is 16.5 Å². The molecule has 4 aromatic rings. The number of halogens is 1. The predicted octanol–water partition coefficient (Wildman–Crippen LogP) is 5.09. The molecule has 0 saturated carbocycles. The van der Waals surface area contributed by atoms with E-state index >= 15 is 0 Å². The van der Waals surface area contributed by atoms with E-state index in [0.29, 0.717) is 6.54 Å². The fraction of sp³-hybridized carbons (Fsp3) is 0.0952. The summed E-state index contributed by atoms with van der Waals surface area (Å²) >= 11 is 0. The van der Waals surface area contributed by atoms with E-state index in [0.717, 1.165) is 17.2 Å². The van der Waals surface area contributed by atoms with Gasteiger partial charge in [-0.1, -0.05) is 42.5 Å². The summed E-state index contributed by atoms with van der Waals surface area (Å²) in [6.07, 6.45) is 3.73. The van der Waals surface area contributed by atoms with Gasteiger partial charge in [0.2, 0.25) is 5.95 Å². The van der Waals surface area contributed by atoms with Crippen LogP contribution in [-0.4, -0.2) is 9.55 Å². The van der Waals surface area contributed by atoms with E-state index < -0.39 is 0 Å². The smallest absolute Gasteiger partial charge is 0.207 e. The fourth-order valence-corrected chi connectivity index (χ4v) is 3.09. The van der Waals surface area contributed by atoms with Crippen LogP contribution in [0, 0.1) is 12.7 Å². The van der Waals surface area contributed by atoms with Crippen molar-refractivity contribution in [3.8, 4) is 5.69 Å². The van der Waals surface area contributed by atoms with E-state index in [1.165, 1.54) is 28.5 Å². The number of nitrogens with zero attached hydrogens (tertiary/aromatic N) is 2. The monoisotopic (exact) mass is 331 g/mol. The van der Waals surface area contributed by atoms with Gasteiger partial charge in [-0.15, -0.1) is 0 Å². The molecule has 4 rings (SSSR count). The number of aromatic nitrogens is 2. The fourth-order valence-electron chi connectivity index (χ4n) is 3.09. The van der Waals surface area contributed by atoms with E-state index in [1.54, 1.807) is 18.3 Å². The second-order valence-corrected chi connectivity index (χ2v) is 6.03. The highest BCUT2D eigenvalue weighted by molar-refractivity contribution is 5.88. The first kappa shape index (κ1) is 15.4. The number of benzene rings is 3. The average Bonchev–Trinajstić information content (AvgIpc) is 3.10. The predicted molar refractivity (Wildman–Crippen MR) is 99.5 cm³/mol. The van der Waals surface area contributed by atoms with E-state index in [9.17, 15) is 4.39 Å². The van der Waals surface area contributed by atoms with Gasteiger partial charge in [-0.05, 0) is 47.0 Å². The van der Waals surface area contributed by atoms with Crippen LogP contribution >= 0.6 is 0 Å². The van der Waals surface area contributed by atoms with Crippen molar-refractivity contribution in [2.24, 2.45) is 0 Å². The number of aryl methyl sites for hydroxylation is 1. The van der Waals surface area contributed by atoms with Gasteiger partial charge in [-0.2, -0.15) is 0 Å². The topological polar surface area (TPSA) is 29.9 Å². The van der Waals surface area contributed by atoms with Gasteiger partial charge < -0.3 is 5.32 Å². The number of fused-ring (bicyclic) bond motifs is 1. The van der Waals surface area contributed by atoms with E-state index in [-0.39, 0.29) is 5.82 Å². The van der Waals surface area contributed by atoms with Gasteiger partial charge in [0.1, 0.15) is 5.82 Å². The van der Waals surface area contributed by atoms with Gasteiger partial charge >= 0.3 is 0 Å². The zero-order valence-corrected chi connectivity index (χ0v) is 13.9. The molecule has 0 saturated heterocycles. The van der Waals surface area contributed by atoms with Crippen molar-refractivity contribution in [1.82, 2.24) is 9.55 Å². The Morgan fingerprint density at radius 2 is 1.80 bits per heavy atom. The van der Waals surface area contributed by atoms with E-state index in [4.69, 9.17) is 0 Å². The third-order valence-electron chi connectivity index (χ3n) is 4.43. The molecule has 0 amide bonds. The van der Waals surface area contributed by atoms with Crippen molar-refractivity contribution in [2.45, 2.75) is 13.5 Å². The first-order chi connectivity index (χ1) is 12.2. The lowest BCUT2D eigenvalue weighted by Crippen LogP contribution is -2.07. The van der Waals surface area contributed by atoms with Crippen LogP contribution in [0.1, 0.15) is 11.1 Å². The molecule has 3 aromatic carbocycles. The van der Waals surface area contributed by atoms with Crippen LogP contribution in [0.15, 0.2) is 73.1 Å². The highest BCUT2D eigenvalue weighted by Crippen LogP contribution is 2.26. The van der Waals surface area contributed by atoms with Crippen LogP contribution in [-0.2, 0) is 6.54 Å². The molecule has 3 nitrogen and oxygen atoms in total. The molecule has 0 spiro atoms. The molecule has 0 aliphatic heterocycles. The van der Waals surface area contributed by atoms with Gasteiger partial charge in [0, 0.05) is 18.9 Å². The van der Waals surface area contributed by atoms with Crippen LogP contribution in [0.5, 0.6) is 0 Å². The summed E-state index contributed by atoms with van der Waals surface area (Å²) in [5, 5.41) is 5.79. The zero-order chi connectivity index (χ0) is 17.2. The first-order valence-electron chi connectivity index (χ1n) is 8.23. The molecule has 0 fully saturated rings. The lowest BCUT2D eigenvalue weighted by molar-refractivity contribution is 0.627. The molecular formula is C21H18FN3. The summed E-state index contributed by atoms with van der Waals surface area (Å²) in [5.74, 6) is 0.541. The Morgan fingerprint density at radius 3 is 2.64 bits per heavy atom. The second kappa shape index (κ2) is 6.40. The Morgan fingerprint density at radius 1 is 1.00 bits per heavy atom. The van der Waals surface area contributed by atoms with Gasteiger partial charge in [-0.25, -0.2) is 9.37 Å². The Hall–Kier alpha value is -3.14. The van der Waals surface area contributed by atoms with Gasteiger partial charge in [0.15, 0.2) is 0 Å². The Kier molecular flexibility index (Phi) is 3.94. The van der Waals surface area contributed by atoms with Crippen molar-refractivity contribution in [3.05, 3.63) is 90.0 Å². The second-order valence-electron chi connectivity index (χ2n) is 6.03. The largest absolute Gasteiger partial charge is 0.351 e. The minimum Gasteiger partial charge on any atom is -0.351 e. The molecule has 1 heterocycles. The summed E-state index contributed by atoms with van der Waals surface area (Å²) in [4.78, 5) is 4.42. The maximum absolute atomic E-state index is 13.0. The van der Waals surface area contributed by atoms with Crippen LogP contribution in [0.3, 0.4) is 0 Å². The normalized spacial score (nSPS) is 11.0. The molecule has 0 aliphatic rings. The minimum atomic E-state index is -0.225. The quantitative estimate of drug-likeness (QED) is 0.565. The highest BCUT2D eigenvalue weighted by atomic mass is 19.1. The van der Waals surface area contributed by atoms with Crippen molar-refractivity contribution < 1.29 is 4.39 Å². The summed E-state index contributed by atoms with van der Waals surface area (Å²) in [6, 6.07) is 19.1. The van der Waals surface area contributed by atoms with Crippen molar-refractivity contribution in [1.29, 1.82) is 0 Å². The van der Waals surface area contributed by atoms with E-state index in [2.05, 4.69) is 47.6 Å². The average molecular weight is 331 g/mol. The maximum atomic E-state index is 13.0. The summed E-state index contributed by atoms with van der Waals surface area (Å²) in [5.41, 5.74) is 3.31. The number of anilines is 1. The zero-order valence-electron chi connectivity index (χ0n) is 13.9. The number of nitrogens with one attached hydrogen (secondary N) is 1. The molecule has 0 unspecified atom stereocenters. The molecule has 25 heavy (non-hydrogen) atoms. The third kappa shape index (κ3) is 2.98. The summed E-state index contributed by atoms with van der Waals surface area (Å²) in [6.45, 7) is 2.71. The molecule has 1 aromatic heterocycles. The number of hydrogen-bond donors (Lipinski definition) is 1. The summed E-state index contributed by atoms with van der Waals surface area (Å²) in [7, 11) is 0. The van der Waals surface area contributed by atoms with E-state index in [1.807, 2.05) is 16.8 Å². The summed E-state index contributed by atoms with van der Waals surface area (Å²) < 4.78 is 15.1. The molecule has 4 heteroatoms. The SMILES string of the molecule is Cc1c(-n2ccnc2NCc2ccc(F)cc2)ccc2ccccc12. The number of hydrogen-bond acceptors (Lipinski definition) is 2. The number of imidazole rings is 1. The standard InChI is InChI=1S/C21H18FN3/c1-15-19-5-3-2-4-17(19)8-11-20(15)25-13-12-23-21(25)24-14-16-6-9-18(22)10-7-16/h2-13H,14H2,1H3,(H,23,24). The maximum Gasteiger partial charge on any atom is 0.207 e. The number of rotatable bonds is 4. The Balaban J connectivity index is 1.65. The molecule has 124 valence electrons. The first-order valence-corrected chi connectivity index (χ1v) is 8.23. The lowest BCUT2D eigenvalue weighted by atomic mass is 10.0. The van der Waals surface area contributed by atoms with Crippen LogP contribution in [0.4, 0.5) is 10.3 Å². The lowest BCUT2D eigenvalue weighted by Gasteiger charge is -2.14. The minimum absolute atomic E-state index is 0.225. The molecular weight excluding hydrogens is 313 g/mol. The molecule has 0 bridgehead atoms. The Bertz CT molecular complexity index is 1020. The van der Waals surface area contributed by atoms with Crippen LogP contribution < -0.4 is 5.32 Å². The van der Waals surface area contributed by atoms with Gasteiger partial charge in [0.25, 0.3) is 0 Å². The van der Waals surface area contributed by atoms with Crippen molar-refractivity contribution >= 4 is 16.7 Å². The molecule has 1 N–H and O–H groups in total. The molecule has 0 atom stereocenters. The molecule has 0 aliphatic carbocycles. The van der Waals surface area contributed by atoms with Crippen molar-refractivity contribution in [3.63, 3.8) is 0 Å².